The lowest BCUT2D eigenvalue weighted by molar-refractivity contribution is 0.0398. The molecule has 1 aliphatic heterocycles. The van der Waals surface area contributed by atoms with Crippen molar-refractivity contribution >= 4 is 29.0 Å². The minimum absolute atomic E-state index is 0.283. The van der Waals surface area contributed by atoms with E-state index in [1.807, 2.05) is 6.92 Å². The molecule has 26 heavy (non-hydrogen) atoms. The van der Waals surface area contributed by atoms with E-state index in [1.54, 1.807) is 24.3 Å². The smallest absolute Gasteiger partial charge is 0.274 e. The summed E-state index contributed by atoms with van der Waals surface area (Å²) in [5.41, 5.74) is 1.91. The summed E-state index contributed by atoms with van der Waals surface area (Å²) in [6.07, 6.45) is 1.39. The van der Waals surface area contributed by atoms with Crippen LogP contribution in [0.4, 0.5) is 11.5 Å². The van der Waals surface area contributed by atoms with Crippen LogP contribution in [0.1, 0.15) is 16.1 Å². The predicted molar refractivity (Wildman–Crippen MR) is 102 cm³/mol. The number of hydrogen-bond donors (Lipinski definition) is 2. The van der Waals surface area contributed by atoms with Gasteiger partial charge in [0.2, 0.25) is 0 Å². The Morgan fingerprint density at radius 1 is 1.27 bits per heavy atom. The van der Waals surface area contributed by atoms with Gasteiger partial charge in [-0.3, -0.25) is 9.69 Å². The van der Waals surface area contributed by atoms with E-state index in [0.717, 1.165) is 45.0 Å². The van der Waals surface area contributed by atoms with Crippen LogP contribution in [0.3, 0.4) is 0 Å². The van der Waals surface area contributed by atoms with Gasteiger partial charge < -0.3 is 15.4 Å². The summed E-state index contributed by atoms with van der Waals surface area (Å²) in [6.45, 7) is 6.98. The number of anilines is 2. The number of morpholine rings is 1. The lowest BCUT2D eigenvalue weighted by atomic mass is 10.2. The van der Waals surface area contributed by atoms with Crippen molar-refractivity contribution in [3.8, 4) is 0 Å². The Kier molecular flexibility index (Phi) is 6.38. The van der Waals surface area contributed by atoms with E-state index in [4.69, 9.17) is 16.3 Å². The van der Waals surface area contributed by atoms with Gasteiger partial charge in [-0.25, -0.2) is 9.97 Å². The molecule has 2 aromatic rings. The van der Waals surface area contributed by atoms with Crippen molar-refractivity contribution in [3.63, 3.8) is 0 Å². The zero-order valence-corrected chi connectivity index (χ0v) is 15.4. The van der Waals surface area contributed by atoms with E-state index in [-0.39, 0.29) is 5.91 Å². The molecule has 0 aliphatic carbocycles. The van der Waals surface area contributed by atoms with Gasteiger partial charge in [-0.15, -0.1) is 0 Å². The third kappa shape index (κ3) is 5.14. The van der Waals surface area contributed by atoms with Gasteiger partial charge in [0.15, 0.2) is 0 Å². The number of nitrogens with zero attached hydrogens (tertiary/aromatic N) is 3. The Bertz CT molecular complexity index is 765. The molecular weight excluding hydrogens is 354 g/mol. The summed E-state index contributed by atoms with van der Waals surface area (Å²) in [5, 5.41) is 6.72. The van der Waals surface area contributed by atoms with Gasteiger partial charge in [0.25, 0.3) is 5.91 Å². The average molecular weight is 376 g/mol. The minimum Gasteiger partial charge on any atom is -0.379 e. The topological polar surface area (TPSA) is 79.4 Å². The quantitative estimate of drug-likeness (QED) is 0.807. The van der Waals surface area contributed by atoms with Crippen molar-refractivity contribution < 1.29 is 9.53 Å². The molecule has 0 saturated carbocycles. The van der Waals surface area contributed by atoms with Crippen molar-refractivity contribution in [2.24, 2.45) is 0 Å². The fraction of sp³-hybridized carbons (Fsp3) is 0.389. The van der Waals surface area contributed by atoms with Crippen LogP contribution in [0.15, 0.2) is 30.6 Å². The van der Waals surface area contributed by atoms with E-state index in [2.05, 4.69) is 25.5 Å². The Morgan fingerprint density at radius 3 is 2.85 bits per heavy atom. The zero-order valence-electron chi connectivity index (χ0n) is 14.7. The number of aryl methyl sites for hydroxylation is 1. The molecule has 3 rings (SSSR count). The van der Waals surface area contributed by atoms with Crippen LogP contribution >= 0.6 is 11.6 Å². The molecule has 0 atom stereocenters. The predicted octanol–water partition coefficient (Wildman–Crippen LogP) is 2.43. The number of aromatic nitrogens is 2. The lowest BCUT2D eigenvalue weighted by Crippen LogP contribution is -2.39. The normalized spacial score (nSPS) is 14.8. The molecule has 1 saturated heterocycles. The Morgan fingerprint density at radius 2 is 2.08 bits per heavy atom. The molecule has 1 fully saturated rings. The highest BCUT2D eigenvalue weighted by atomic mass is 35.5. The summed E-state index contributed by atoms with van der Waals surface area (Å²) in [6, 6.07) is 6.97. The number of benzene rings is 1. The molecule has 0 radical (unpaired) electrons. The van der Waals surface area contributed by atoms with Crippen LogP contribution < -0.4 is 10.6 Å². The summed E-state index contributed by atoms with van der Waals surface area (Å²) in [5.74, 6) is 0.347. The molecule has 1 aliphatic rings. The van der Waals surface area contributed by atoms with Crippen molar-refractivity contribution in [1.29, 1.82) is 0 Å². The van der Waals surface area contributed by atoms with Gasteiger partial charge in [-0.1, -0.05) is 11.6 Å². The van der Waals surface area contributed by atoms with Gasteiger partial charge in [0.05, 0.1) is 13.2 Å². The number of halogens is 1. The highest BCUT2D eigenvalue weighted by Crippen LogP contribution is 2.20. The summed E-state index contributed by atoms with van der Waals surface area (Å²) >= 11 is 5.94. The largest absolute Gasteiger partial charge is 0.379 e. The number of amides is 1. The maximum atomic E-state index is 12.4. The van der Waals surface area contributed by atoms with Crippen molar-refractivity contribution in [2.75, 3.05) is 50.0 Å². The fourth-order valence-corrected chi connectivity index (χ4v) is 2.93. The third-order valence-electron chi connectivity index (χ3n) is 4.17. The van der Waals surface area contributed by atoms with Crippen LogP contribution in [0.5, 0.6) is 0 Å². The second-order valence-corrected chi connectivity index (χ2v) is 6.52. The summed E-state index contributed by atoms with van der Waals surface area (Å²) < 4.78 is 5.34. The molecular formula is C18H22ClN5O2. The van der Waals surface area contributed by atoms with Crippen LogP contribution in [-0.2, 0) is 4.74 Å². The second-order valence-electron chi connectivity index (χ2n) is 6.08. The third-order valence-corrected chi connectivity index (χ3v) is 4.41. The Hall–Kier alpha value is -2.22. The molecule has 8 heteroatoms. The summed E-state index contributed by atoms with van der Waals surface area (Å²) in [7, 11) is 0. The number of nitrogens with one attached hydrogen (secondary N) is 2. The highest BCUT2D eigenvalue weighted by Gasteiger charge is 2.12. The monoisotopic (exact) mass is 375 g/mol. The first-order valence-corrected chi connectivity index (χ1v) is 8.93. The van der Waals surface area contributed by atoms with Crippen molar-refractivity contribution in [2.45, 2.75) is 6.92 Å². The Labute approximate surface area is 157 Å². The van der Waals surface area contributed by atoms with Crippen LogP contribution in [-0.4, -0.2) is 60.2 Å². The first-order valence-electron chi connectivity index (χ1n) is 8.55. The molecule has 1 amide bonds. The van der Waals surface area contributed by atoms with Crippen LogP contribution in [0.2, 0.25) is 5.02 Å². The SMILES string of the molecule is Cc1cc(Cl)ccc1NC(=O)c1cc(NCCN2CCOCC2)ncn1. The lowest BCUT2D eigenvalue weighted by Gasteiger charge is -2.26. The maximum absolute atomic E-state index is 12.4. The molecule has 2 heterocycles. The first kappa shape index (κ1) is 18.6. The van der Waals surface area contributed by atoms with Gasteiger partial charge in [0, 0.05) is 43.0 Å². The van der Waals surface area contributed by atoms with Crippen molar-refractivity contribution in [3.05, 3.63) is 46.9 Å². The molecule has 0 bridgehead atoms. The number of carbonyl (C=O) groups excluding carboxylic acids is 1. The van der Waals surface area contributed by atoms with Gasteiger partial charge in [-0.05, 0) is 30.7 Å². The molecule has 0 spiro atoms. The van der Waals surface area contributed by atoms with Crippen LogP contribution in [0, 0.1) is 6.92 Å². The van der Waals surface area contributed by atoms with Gasteiger partial charge in [0.1, 0.15) is 17.8 Å². The van der Waals surface area contributed by atoms with E-state index in [0.29, 0.717) is 22.2 Å². The average Bonchev–Trinajstić information content (AvgIpc) is 2.65. The van der Waals surface area contributed by atoms with Gasteiger partial charge >= 0.3 is 0 Å². The first-order chi connectivity index (χ1) is 12.6. The van der Waals surface area contributed by atoms with E-state index in [9.17, 15) is 4.79 Å². The number of ether oxygens (including phenoxy) is 1. The molecule has 1 aromatic carbocycles. The van der Waals surface area contributed by atoms with E-state index < -0.39 is 0 Å². The summed E-state index contributed by atoms with van der Waals surface area (Å²) in [4.78, 5) is 23.0. The standard InChI is InChI=1S/C18H22ClN5O2/c1-13-10-14(19)2-3-15(13)23-18(25)16-11-17(22-12-21-16)20-4-5-24-6-8-26-9-7-24/h2-3,10-12H,4-9H2,1H3,(H,23,25)(H,20,21,22). The number of carbonyl (C=O) groups is 1. The molecule has 7 nitrogen and oxygen atoms in total. The fourth-order valence-electron chi connectivity index (χ4n) is 2.70. The number of rotatable bonds is 6. The van der Waals surface area contributed by atoms with E-state index in [1.165, 1.54) is 6.33 Å². The zero-order chi connectivity index (χ0) is 18.4. The molecule has 1 aromatic heterocycles. The highest BCUT2D eigenvalue weighted by molar-refractivity contribution is 6.30. The van der Waals surface area contributed by atoms with Crippen LogP contribution in [0.25, 0.3) is 0 Å². The Balaban J connectivity index is 1.56. The molecule has 2 N–H and O–H groups in total. The second kappa shape index (κ2) is 8.93. The van der Waals surface area contributed by atoms with Gasteiger partial charge in [-0.2, -0.15) is 0 Å². The maximum Gasteiger partial charge on any atom is 0.274 e. The molecule has 138 valence electrons. The van der Waals surface area contributed by atoms with E-state index >= 15 is 0 Å². The molecule has 0 unspecified atom stereocenters. The minimum atomic E-state index is -0.283. The van der Waals surface area contributed by atoms with Crippen molar-refractivity contribution in [1.82, 2.24) is 14.9 Å². The number of hydrogen-bond acceptors (Lipinski definition) is 6.